The SMILES string of the molecule is CCNC(CC)Cc1ccccc1S(N)(=O)=O. The van der Waals surface area contributed by atoms with E-state index in [0.717, 1.165) is 18.5 Å². The molecule has 0 amide bonds. The van der Waals surface area contributed by atoms with Crippen molar-refractivity contribution < 1.29 is 8.42 Å². The van der Waals surface area contributed by atoms with E-state index in [2.05, 4.69) is 12.2 Å². The molecule has 0 aliphatic rings. The number of nitrogens with one attached hydrogen (secondary N) is 1. The lowest BCUT2D eigenvalue weighted by molar-refractivity contribution is 0.506. The summed E-state index contributed by atoms with van der Waals surface area (Å²) >= 11 is 0. The van der Waals surface area contributed by atoms with Crippen molar-refractivity contribution in [3.63, 3.8) is 0 Å². The van der Waals surface area contributed by atoms with Crippen molar-refractivity contribution in [1.29, 1.82) is 0 Å². The van der Waals surface area contributed by atoms with Crippen LogP contribution in [0.25, 0.3) is 0 Å². The number of hydrogen-bond acceptors (Lipinski definition) is 3. The van der Waals surface area contributed by atoms with Gasteiger partial charge in [-0.3, -0.25) is 0 Å². The van der Waals surface area contributed by atoms with E-state index in [-0.39, 0.29) is 10.9 Å². The largest absolute Gasteiger partial charge is 0.314 e. The van der Waals surface area contributed by atoms with Gasteiger partial charge in [0, 0.05) is 6.04 Å². The summed E-state index contributed by atoms with van der Waals surface area (Å²) in [4.78, 5) is 0.233. The highest BCUT2D eigenvalue weighted by atomic mass is 32.2. The van der Waals surface area contributed by atoms with E-state index in [1.165, 1.54) is 0 Å². The van der Waals surface area contributed by atoms with Crippen LogP contribution in [0.4, 0.5) is 0 Å². The summed E-state index contributed by atoms with van der Waals surface area (Å²) in [6.07, 6.45) is 1.63. The summed E-state index contributed by atoms with van der Waals surface area (Å²) in [6.45, 7) is 4.98. The average Bonchev–Trinajstić information content (AvgIpc) is 2.27. The molecule has 1 aromatic rings. The monoisotopic (exact) mass is 256 g/mol. The predicted octanol–water partition coefficient (Wildman–Crippen LogP) is 1.26. The van der Waals surface area contributed by atoms with Gasteiger partial charge in [-0.2, -0.15) is 0 Å². The molecular formula is C12H20N2O2S. The van der Waals surface area contributed by atoms with Crippen LogP contribution < -0.4 is 10.5 Å². The fourth-order valence-electron chi connectivity index (χ4n) is 1.87. The molecule has 1 unspecified atom stereocenters. The van der Waals surface area contributed by atoms with Crippen LogP contribution in [0.1, 0.15) is 25.8 Å². The summed E-state index contributed by atoms with van der Waals surface area (Å²) in [7, 11) is -3.63. The molecule has 0 heterocycles. The Morgan fingerprint density at radius 3 is 2.47 bits per heavy atom. The second-order valence-electron chi connectivity index (χ2n) is 4.02. The molecule has 1 rings (SSSR count). The number of hydrogen-bond donors (Lipinski definition) is 2. The number of sulfonamides is 1. The maximum absolute atomic E-state index is 11.4. The van der Waals surface area contributed by atoms with E-state index >= 15 is 0 Å². The van der Waals surface area contributed by atoms with Gasteiger partial charge in [-0.1, -0.05) is 32.0 Å². The molecule has 5 heteroatoms. The highest BCUT2D eigenvalue weighted by molar-refractivity contribution is 7.89. The third kappa shape index (κ3) is 4.11. The third-order valence-electron chi connectivity index (χ3n) is 2.73. The summed E-state index contributed by atoms with van der Waals surface area (Å²) in [5, 5.41) is 8.52. The lowest BCUT2D eigenvalue weighted by Gasteiger charge is -2.17. The predicted molar refractivity (Wildman–Crippen MR) is 69.3 cm³/mol. The van der Waals surface area contributed by atoms with Gasteiger partial charge in [0.1, 0.15) is 0 Å². The molecule has 0 aromatic heterocycles. The standard InChI is InChI=1S/C12H20N2O2S/c1-3-11(14-4-2)9-10-7-5-6-8-12(10)17(13,15)16/h5-8,11,14H,3-4,9H2,1-2H3,(H2,13,15,16). The Bertz CT molecular complexity index is 457. The smallest absolute Gasteiger partial charge is 0.238 e. The van der Waals surface area contributed by atoms with E-state index < -0.39 is 10.0 Å². The molecule has 0 fully saturated rings. The molecule has 1 aromatic carbocycles. The first-order valence-corrected chi connectivity index (χ1v) is 7.37. The van der Waals surface area contributed by atoms with Crippen LogP contribution >= 0.6 is 0 Å². The van der Waals surface area contributed by atoms with Crippen molar-refractivity contribution in [2.24, 2.45) is 5.14 Å². The topological polar surface area (TPSA) is 72.2 Å². The highest BCUT2D eigenvalue weighted by Crippen LogP contribution is 2.16. The fourth-order valence-corrected chi connectivity index (χ4v) is 2.65. The Hall–Kier alpha value is -0.910. The van der Waals surface area contributed by atoms with Crippen LogP contribution in [0, 0.1) is 0 Å². The molecule has 0 aliphatic carbocycles. The van der Waals surface area contributed by atoms with Gasteiger partial charge >= 0.3 is 0 Å². The van der Waals surface area contributed by atoms with Crippen LogP contribution in [-0.2, 0) is 16.4 Å². The quantitative estimate of drug-likeness (QED) is 0.805. The molecule has 0 radical (unpaired) electrons. The first-order valence-electron chi connectivity index (χ1n) is 5.83. The number of likely N-dealkylation sites (N-methyl/N-ethyl adjacent to an activating group) is 1. The molecule has 0 saturated heterocycles. The summed E-state index contributed by atoms with van der Waals surface area (Å²) in [5.41, 5.74) is 0.780. The molecule has 1 atom stereocenters. The minimum atomic E-state index is -3.63. The zero-order valence-corrected chi connectivity index (χ0v) is 11.1. The molecule has 0 saturated carbocycles. The Labute approximate surface area is 103 Å². The van der Waals surface area contributed by atoms with Crippen molar-refractivity contribution in [3.05, 3.63) is 29.8 Å². The lowest BCUT2D eigenvalue weighted by Crippen LogP contribution is -2.31. The highest BCUT2D eigenvalue weighted by Gasteiger charge is 2.15. The third-order valence-corrected chi connectivity index (χ3v) is 3.74. The Kier molecular flexibility index (Phi) is 5.11. The molecule has 0 bridgehead atoms. The second-order valence-corrected chi connectivity index (χ2v) is 5.55. The fraction of sp³-hybridized carbons (Fsp3) is 0.500. The lowest BCUT2D eigenvalue weighted by atomic mass is 10.0. The second kappa shape index (κ2) is 6.14. The van der Waals surface area contributed by atoms with Gasteiger partial charge in [-0.05, 0) is 31.0 Å². The van der Waals surface area contributed by atoms with Gasteiger partial charge in [-0.15, -0.1) is 0 Å². The van der Waals surface area contributed by atoms with Crippen LogP contribution in [0.15, 0.2) is 29.2 Å². The molecule has 4 nitrogen and oxygen atoms in total. The van der Waals surface area contributed by atoms with E-state index in [4.69, 9.17) is 5.14 Å². The first kappa shape index (κ1) is 14.2. The molecule has 17 heavy (non-hydrogen) atoms. The van der Waals surface area contributed by atoms with Gasteiger partial charge in [0.05, 0.1) is 4.90 Å². The van der Waals surface area contributed by atoms with E-state index in [9.17, 15) is 8.42 Å². The summed E-state index contributed by atoms with van der Waals surface area (Å²) in [6, 6.07) is 7.19. The molecule has 96 valence electrons. The van der Waals surface area contributed by atoms with Crippen LogP contribution in [0.2, 0.25) is 0 Å². The number of nitrogens with two attached hydrogens (primary N) is 1. The maximum atomic E-state index is 11.4. The van der Waals surface area contributed by atoms with Crippen LogP contribution in [0.5, 0.6) is 0 Å². The van der Waals surface area contributed by atoms with Crippen molar-refractivity contribution >= 4 is 10.0 Å². The van der Waals surface area contributed by atoms with E-state index in [1.54, 1.807) is 12.1 Å². The first-order chi connectivity index (χ1) is 7.99. The van der Waals surface area contributed by atoms with Crippen molar-refractivity contribution in [3.8, 4) is 0 Å². The van der Waals surface area contributed by atoms with Crippen molar-refractivity contribution in [2.75, 3.05) is 6.54 Å². The van der Waals surface area contributed by atoms with Gasteiger partial charge < -0.3 is 5.32 Å². The molecule has 3 N–H and O–H groups in total. The zero-order chi connectivity index (χ0) is 12.9. The minimum Gasteiger partial charge on any atom is -0.314 e. The van der Waals surface area contributed by atoms with Crippen LogP contribution in [-0.4, -0.2) is 21.0 Å². The van der Waals surface area contributed by atoms with Gasteiger partial charge in [0.15, 0.2) is 0 Å². The average molecular weight is 256 g/mol. The molecule has 0 aliphatic heterocycles. The normalized spacial score (nSPS) is 13.6. The number of rotatable bonds is 6. The van der Waals surface area contributed by atoms with Crippen molar-refractivity contribution in [2.45, 2.75) is 37.6 Å². The van der Waals surface area contributed by atoms with E-state index in [0.29, 0.717) is 6.42 Å². The zero-order valence-electron chi connectivity index (χ0n) is 10.3. The number of primary sulfonamides is 1. The van der Waals surface area contributed by atoms with Gasteiger partial charge in [0.2, 0.25) is 10.0 Å². The Morgan fingerprint density at radius 2 is 1.94 bits per heavy atom. The Balaban J connectivity index is 2.98. The van der Waals surface area contributed by atoms with Crippen LogP contribution in [0.3, 0.4) is 0 Å². The Morgan fingerprint density at radius 1 is 1.29 bits per heavy atom. The number of benzene rings is 1. The molecule has 0 spiro atoms. The van der Waals surface area contributed by atoms with Gasteiger partial charge in [0.25, 0.3) is 0 Å². The summed E-state index contributed by atoms with van der Waals surface area (Å²) < 4.78 is 22.9. The van der Waals surface area contributed by atoms with Crippen molar-refractivity contribution in [1.82, 2.24) is 5.32 Å². The minimum absolute atomic E-state index is 0.233. The van der Waals surface area contributed by atoms with Gasteiger partial charge in [-0.25, -0.2) is 13.6 Å². The molecular weight excluding hydrogens is 236 g/mol. The van der Waals surface area contributed by atoms with E-state index in [1.807, 2.05) is 19.1 Å². The summed E-state index contributed by atoms with van der Waals surface area (Å²) in [5.74, 6) is 0. The maximum Gasteiger partial charge on any atom is 0.238 e.